The third-order valence-electron chi connectivity index (χ3n) is 4.30. The lowest BCUT2D eigenvalue weighted by molar-refractivity contribution is -0.00347. The van der Waals surface area contributed by atoms with E-state index in [9.17, 15) is 9.59 Å². The van der Waals surface area contributed by atoms with Crippen LogP contribution >= 0.6 is 0 Å². The molecule has 2 heterocycles. The van der Waals surface area contributed by atoms with Gasteiger partial charge in [-0.15, -0.1) is 0 Å². The van der Waals surface area contributed by atoms with Crippen LogP contribution in [0.2, 0.25) is 0 Å². The van der Waals surface area contributed by atoms with Gasteiger partial charge >= 0.3 is 6.03 Å². The molecule has 0 unspecified atom stereocenters. The maximum absolute atomic E-state index is 12.4. The molecule has 7 nitrogen and oxygen atoms in total. The highest BCUT2D eigenvalue weighted by Gasteiger charge is 2.24. The molecule has 3 rings (SSSR count). The molecule has 1 aromatic carbocycles. The van der Waals surface area contributed by atoms with Crippen LogP contribution in [-0.2, 0) is 17.8 Å². The molecule has 0 bridgehead atoms. The second kappa shape index (κ2) is 7.13. The summed E-state index contributed by atoms with van der Waals surface area (Å²) in [7, 11) is 1.53. The van der Waals surface area contributed by atoms with Gasteiger partial charge in [0.05, 0.1) is 12.2 Å². The van der Waals surface area contributed by atoms with E-state index in [4.69, 9.17) is 4.74 Å². The highest BCUT2D eigenvalue weighted by atomic mass is 16.5. The molecule has 0 saturated heterocycles. The molecule has 7 heteroatoms. The Morgan fingerprint density at radius 1 is 1.15 bits per heavy atom. The number of fused-ring (bicyclic) bond motifs is 1. The first kappa shape index (κ1) is 17.9. The van der Waals surface area contributed by atoms with E-state index in [-0.39, 0.29) is 11.9 Å². The number of hydrogen-bond acceptors (Lipinski definition) is 4. The summed E-state index contributed by atoms with van der Waals surface area (Å²) in [6, 6.07) is 10.4. The number of amides is 3. The summed E-state index contributed by atoms with van der Waals surface area (Å²) >= 11 is 0. The van der Waals surface area contributed by atoms with Gasteiger partial charge in [0.25, 0.3) is 5.91 Å². The first-order valence-corrected chi connectivity index (χ1v) is 8.34. The number of benzene rings is 1. The fraction of sp³-hybridized carbons (Fsp3) is 0.316. The average Bonchev–Trinajstić information content (AvgIpc) is 3.06. The zero-order chi connectivity index (χ0) is 18.7. The van der Waals surface area contributed by atoms with Crippen molar-refractivity contribution in [3.05, 3.63) is 59.4 Å². The van der Waals surface area contributed by atoms with Crippen LogP contribution in [-0.4, -0.2) is 34.7 Å². The molecule has 3 amide bonds. The van der Waals surface area contributed by atoms with Crippen LogP contribution in [0.5, 0.6) is 0 Å². The predicted octanol–water partition coefficient (Wildman–Crippen LogP) is 2.74. The molecule has 136 valence electrons. The maximum Gasteiger partial charge on any atom is 0.322 e. The van der Waals surface area contributed by atoms with Gasteiger partial charge in [0.15, 0.2) is 0 Å². The number of nitrogens with one attached hydrogen (secondary N) is 2. The van der Waals surface area contributed by atoms with Crippen LogP contribution in [0.3, 0.4) is 0 Å². The number of carbonyl (C=O) groups is 2. The number of aromatic nitrogens is 1. The third kappa shape index (κ3) is 4.00. The van der Waals surface area contributed by atoms with Crippen LogP contribution in [0.15, 0.2) is 42.6 Å². The summed E-state index contributed by atoms with van der Waals surface area (Å²) in [4.78, 5) is 30.6. The van der Waals surface area contributed by atoms with Gasteiger partial charge in [-0.25, -0.2) is 4.79 Å². The molecule has 0 atom stereocenters. The minimum absolute atomic E-state index is 0.194. The molecule has 2 aromatic rings. The van der Waals surface area contributed by atoms with E-state index < -0.39 is 5.72 Å². The van der Waals surface area contributed by atoms with Crippen molar-refractivity contribution >= 4 is 17.6 Å². The fourth-order valence-corrected chi connectivity index (χ4v) is 2.65. The molecule has 1 aromatic heterocycles. The molecular weight excluding hydrogens is 332 g/mol. The molecule has 1 aliphatic heterocycles. The van der Waals surface area contributed by atoms with Gasteiger partial charge in [-0.1, -0.05) is 6.07 Å². The number of ether oxygens (including phenoxy) is 1. The smallest absolute Gasteiger partial charge is 0.322 e. The monoisotopic (exact) mass is 354 g/mol. The lowest BCUT2D eigenvalue weighted by Gasteiger charge is -2.24. The van der Waals surface area contributed by atoms with Crippen LogP contribution < -0.4 is 10.6 Å². The van der Waals surface area contributed by atoms with Gasteiger partial charge in [-0.2, -0.15) is 0 Å². The van der Waals surface area contributed by atoms with Gasteiger partial charge < -0.3 is 20.3 Å². The van der Waals surface area contributed by atoms with Crippen molar-refractivity contribution in [3.8, 4) is 0 Å². The highest BCUT2D eigenvalue weighted by Crippen LogP contribution is 2.21. The zero-order valence-electron chi connectivity index (χ0n) is 15.1. The number of rotatable bonds is 4. The van der Waals surface area contributed by atoms with Crippen LogP contribution in [0.4, 0.5) is 10.5 Å². The van der Waals surface area contributed by atoms with Crippen LogP contribution in [0.25, 0.3) is 0 Å². The van der Waals surface area contributed by atoms with Gasteiger partial charge in [0.2, 0.25) is 0 Å². The summed E-state index contributed by atoms with van der Waals surface area (Å²) in [5, 5.41) is 5.62. The van der Waals surface area contributed by atoms with Crippen molar-refractivity contribution in [2.24, 2.45) is 0 Å². The van der Waals surface area contributed by atoms with E-state index in [0.717, 1.165) is 11.3 Å². The van der Waals surface area contributed by atoms with Crippen molar-refractivity contribution in [3.63, 3.8) is 0 Å². The number of nitrogens with zero attached hydrogens (tertiary/aromatic N) is 2. The Hall–Kier alpha value is -2.93. The minimum atomic E-state index is -0.747. The van der Waals surface area contributed by atoms with E-state index in [1.165, 1.54) is 7.11 Å². The average molecular weight is 354 g/mol. The number of pyridine rings is 1. The molecule has 0 radical (unpaired) electrons. The summed E-state index contributed by atoms with van der Waals surface area (Å²) in [6.45, 7) is 4.57. The Bertz CT molecular complexity index is 793. The standard InChI is InChI=1S/C19H22N4O3/c1-19(2,26-3)22-17(24)13-6-8-15(9-7-13)21-18(25)23-11-14-5-4-10-20-16(14)12-23/h4-10H,11-12H2,1-3H3,(H,21,25)(H,22,24). The molecule has 1 aliphatic rings. The molecular formula is C19H22N4O3. The molecule has 2 N–H and O–H groups in total. The number of hydrogen-bond donors (Lipinski definition) is 2. The number of urea groups is 1. The van der Waals surface area contributed by atoms with Crippen molar-refractivity contribution in [1.29, 1.82) is 0 Å². The lowest BCUT2D eigenvalue weighted by atomic mass is 10.1. The van der Waals surface area contributed by atoms with E-state index in [0.29, 0.717) is 24.3 Å². The van der Waals surface area contributed by atoms with Gasteiger partial charge in [0, 0.05) is 31.1 Å². The van der Waals surface area contributed by atoms with Gasteiger partial charge in [0.1, 0.15) is 5.72 Å². The fourth-order valence-electron chi connectivity index (χ4n) is 2.65. The van der Waals surface area contributed by atoms with Crippen molar-refractivity contribution < 1.29 is 14.3 Å². The maximum atomic E-state index is 12.4. The Labute approximate surface area is 152 Å². The Kier molecular flexibility index (Phi) is 4.90. The number of carbonyl (C=O) groups excluding carboxylic acids is 2. The quantitative estimate of drug-likeness (QED) is 0.827. The number of anilines is 1. The van der Waals surface area contributed by atoms with E-state index in [1.807, 2.05) is 12.1 Å². The SMILES string of the molecule is COC(C)(C)NC(=O)c1ccc(NC(=O)N2Cc3cccnc3C2)cc1. The normalized spacial score (nSPS) is 13.3. The molecule has 0 spiro atoms. The first-order chi connectivity index (χ1) is 12.4. The summed E-state index contributed by atoms with van der Waals surface area (Å²) < 4.78 is 5.19. The highest BCUT2D eigenvalue weighted by molar-refractivity contribution is 5.95. The van der Waals surface area contributed by atoms with Crippen LogP contribution in [0, 0.1) is 0 Å². The second-order valence-corrected chi connectivity index (χ2v) is 6.64. The molecule has 0 aliphatic carbocycles. The minimum Gasteiger partial charge on any atom is -0.360 e. The first-order valence-electron chi connectivity index (χ1n) is 8.34. The van der Waals surface area contributed by atoms with Crippen molar-refractivity contribution in [2.75, 3.05) is 12.4 Å². The summed E-state index contributed by atoms with van der Waals surface area (Å²) in [5.74, 6) is -0.240. The molecule has 0 fully saturated rings. The van der Waals surface area contributed by atoms with Gasteiger partial charge in [-0.3, -0.25) is 9.78 Å². The Morgan fingerprint density at radius 2 is 1.88 bits per heavy atom. The molecule has 26 heavy (non-hydrogen) atoms. The summed E-state index contributed by atoms with van der Waals surface area (Å²) in [6.07, 6.45) is 1.73. The van der Waals surface area contributed by atoms with Gasteiger partial charge in [-0.05, 0) is 49.7 Å². The predicted molar refractivity (Wildman–Crippen MR) is 97.5 cm³/mol. The van der Waals surface area contributed by atoms with Crippen molar-refractivity contribution in [1.82, 2.24) is 15.2 Å². The Balaban J connectivity index is 1.60. The van der Waals surface area contributed by atoms with E-state index >= 15 is 0 Å². The molecule has 0 saturated carbocycles. The summed E-state index contributed by atoms with van der Waals surface area (Å²) in [5.41, 5.74) is 2.36. The van der Waals surface area contributed by atoms with Crippen LogP contribution in [0.1, 0.15) is 35.5 Å². The van der Waals surface area contributed by atoms with Crippen molar-refractivity contribution in [2.45, 2.75) is 32.7 Å². The zero-order valence-corrected chi connectivity index (χ0v) is 15.1. The van der Waals surface area contributed by atoms with E-state index in [1.54, 1.807) is 49.2 Å². The Morgan fingerprint density at radius 3 is 2.54 bits per heavy atom. The third-order valence-corrected chi connectivity index (χ3v) is 4.30. The number of methoxy groups -OCH3 is 1. The van der Waals surface area contributed by atoms with E-state index in [2.05, 4.69) is 15.6 Å². The lowest BCUT2D eigenvalue weighted by Crippen LogP contribution is -2.44. The topological polar surface area (TPSA) is 83.6 Å². The largest absolute Gasteiger partial charge is 0.360 e. The second-order valence-electron chi connectivity index (χ2n) is 6.64.